The molecule has 2 heteroatoms. The van der Waals surface area contributed by atoms with Crippen LogP contribution < -0.4 is 4.74 Å². The van der Waals surface area contributed by atoms with Crippen LogP contribution >= 0.6 is 0 Å². The van der Waals surface area contributed by atoms with Crippen molar-refractivity contribution in [3.05, 3.63) is 65.2 Å². The first kappa shape index (κ1) is 11.3. The Balaban J connectivity index is 1.97. The van der Waals surface area contributed by atoms with E-state index in [0.717, 1.165) is 11.3 Å². The average molecular weight is 240 g/mol. The Morgan fingerprint density at radius 2 is 1.72 bits per heavy atom. The summed E-state index contributed by atoms with van der Waals surface area (Å²) in [5.41, 5.74) is 2.61. The lowest BCUT2D eigenvalue weighted by molar-refractivity contribution is 0.0482. The summed E-state index contributed by atoms with van der Waals surface area (Å²) in [6.45, 7) is 0. The first-order chi connectivity index (χ1) is 8.71. The van der Waals surface area contributed by atoms with Crippen molar-refractivity contribution in [2.24, 2.45) is 0 Å². The monoisotopic (exact) mass is 240 g/mol. The lowest BCUT2D eigenvalue weighted by Crippen LogP contribution is -2.25. The van der Waals surface area contributed by atoms with Gasteiger partial charge >= 0.3 is 0 Å². The normalized spacial score (nSPS) is 21.7. The standard InChI is InChI=1S/C16H16O2/c1-18-15-8-7-12-10-16(17,11-13(12)9-15)14-5-3-2-4-6-14/h2-9,17H,10-11H2,1H3. The zero-order valence-corrected chi connectivity index (χ0v) is 10.4. The Kier molecular flexibility index (Phi) is 2.60. The van der Waals surface area contributed by atoms with Crippen LogP contribution in [0.15, 0.2) is 48.5 Å². The van der Waals surface area contributed by atoms with E-state index in [2.05, 4.69) is 6.07 Å². The Morgan fingerprint density at radius 3 is 2.44 bits per heavy atom. The van der Waals surface area contributed by atoms with Crippen LogP contribution in [0.25, 0.3) is 0 Å². The Labute approximate surface area is 107 Å². The zero-order chi connectivity index (χ0) is 12.6. The van der Waals surface area contributed by atoms with E-state index in [-0.39, 0.29) is 0 Å². The summed E-state index contributed by atoms with van der Waals surface area (Å²) in [7, 11) is 1.67. The lowest BCUT2D eigenvalue weighted by atomic mass is 9.91. The van der Waals surface area contributed by atoms with E-state index in [1.54, 1.807) is 7.11 Å². The molecule has 92 valence electrons. The molecule has 1 aliphatic rings. The van der Waals surface area contributed by atoms with Gasteiger partial charge in [-0.3, -0.25) is 0 Å². The van der Waals surface area contributed by atoms with E-state index in [1.807, 2.05) is 42.5 Å². The minimum Gasteiger partial charge on any atom is -0.497 e. The molecule has 1 atom stereocenters. The second-order valence-electron chi connectivity index (χ2n) is 4.89. The van der Waals surface area contributed by atoms with Crippen molar-refractivity contribution in [3.8, 4) is 5.75 Å². The summed E-state index contributed by atoms with van der Waals surface area (Å²) in [6, 6.07) is 15.9. The fourth-order valence-corrected chi connectivity index (χ4v) is 2.71. The van der Waals surface area contributed by atoms with Crippen molar-refractivity contribution in [2.45, 2.75) is 18.4 Å². The molecule has 2 aromatic carbocycles. The van der Waals surface area contributed by atoms with Gasteiger partial charge in [-0.25, -0.2) is 0 Å². The SMILES string of the molecule is COc1ccc2c(c1)CC(O)(c1ccccc1)C2. The van der Waals surface area contributed by atoms with Crippen molar-refractivity contribution in [3.63, 3.8) is 0 Å². The van der Waals surface area contributed by atoms with E-state index in [1.165, 1.54) is 11.1 Å². The number of rotatable bonds is 2. The van der Waals surface area contributed by atoms with Crippen LogP contribution in [0.4, 0.5) is 0 Å². The second kappa shape index (κ2) is 4.14. The maximum Gasteiger partial charge on any atom is 0.119 e. The van der Waals surface area contributed by atoms with Gasteiger partial charge in [0.15, 0.2) is 0 Å². The Bertz CT molecular complexity index is 563. The molecular formula is C16H16O2. The fourth-order valence-electron chi connectivity index (χ4n) is 2.71. The average Bonchev–Trinajstić information content (AvgIpc) is 2.76. The topological polar surface area (TPSA) is 29.5 Å². The molecule has 0 fully saturated rings. The molecule has 0 spiro atoms. The number of ether oxygens (including phenoxy) is 1. The third-order valence-corrected chi connectivity index (χ3v) is 3.69. The van der Waals surface area contributed by atoms with Crippen LogP contribution in [-0.2, 0) is 18.4 Å². The summed E-state index contributed by atoms with van der Waals surface area (Å²) in [5.74, 6) is 0.853. The van der Waals surface area contributed by atoms with E-state index >= 15 is 0 Å². The Morgan fingerprint density at radius 1 is 1.00 bits per heavy atom. The van der Waals surface area contributed by atoms with E-state index in [0.29, 0.717) is 12.8 Å². The molecule has 1 N–H and O–H groups in total. The predicted octanol–water partition coefficient (Wildman–Crippen LogP) is 2.68. The molecule has 0 radical (unpaired) electrons. The molecular weight excluding hydrogens is 224 g/mol. The molecule has 0 heterocycles. The zero-order valence-electron chi connectivity index (χ0n) is 10.4. The highest BCUT2D eigenvalue weighted by atomic mass is 16.5. The molecule has 1 unspecified atom stereocenters. The first-order valence-corrected chi connectivity index (χ1v) is 6.15. The van der Waals surface area contributed by atoms with Gasteiger partial charge in [0.05, 0.1) is 12.7 Å². The van der Waals surface area contributed by atoms with Gasteiger partial charge in [0, 0.05) is 12.8 Å². The van der Waals surface area contributed by atoms with Gasteiger partial charge in [-0.2, -0.15) is 0 Å². The molecule has 0 aromatic heterocycles. The highest BCUT2D eigenvalue weighted by Gasteiger charge is 2.36. The van der Waals surface area contributed by atoms with Crippen LogP contribution in [0.5, 0.6) is 5.75 Å². The predicted molar refractivity (Wildman–Crippen MR) is 70.7 cm³/mol. The second-order valence-corrected chi connectivity index (χ2v) is 4.89. The number of aliphatic hydroxyl groups is 1. The molecule has 0 aliphatic heterocycles. The number of methoxy groups -OCH3 is 1. The van der Waals surface area contributed by atoms with Crippen molar-refractivity contribution in [2.75, 3.05) is 7.11 Å². The van der Waals surface area contributed by atoms with Crippen molar-refractivity contribution >= 4 is 0 Å². The summed E-state index contributed by atoms with van der Waals surface area (Å²) in [5, 5.41) is 10.8. The molecule has 0 saturated heterocycles. The summed E-state index contributed by atoms with van der Waals surface area (Å²) in [6.07, 6.45) is 1.33. The van der Waals surface area contributed by atoms with E-state index in [4.69, 9.17) is 4.74 Å². The van der Waals surface area contributed by atoms with Crippen molar-refractivity contribution in [1.82, 2.24) is 0 Å². The first-order valence-electron chi connectivity index (χ1n) is 6.15. The quantitative estimate of drug-likeness (QED) is 0.874. The van der Waals surface area contributed by atoms with E-state index < -0.39 is 5.60 Å². The minimum absolute atomic E-state index is 0.656. The largest absolute Gasteiger partial charge is 0.497 e. The van der Waals surface area contributed by atoms with Crippen LogP contribution in [0.1, 0.15) is 16.7 Å². The maximum absolute atomic E-state index is 10.8. The molecule has 1 aliphatic carbocycles. The summed E-state index contributed by atoms with van der Waals surface area (Å²) in [4.78, 5) is 0. The third kappa shape index (κ3) is 1.79. The van der Waals surface area contributed by atoms with Gasteiger partial charge in [-0.1, -0.05) is 36.4 Å². The van der Waals surface area contributed by atoms with E-state index in [9.17, 15) is 5.11 Å². The molecule has 0 amide bonds. The van der Waals surface area contributed by atoms with Crippen LogP contribution in [0.2, 0.25) is 0 Å². The molecule has 18 heavy (non-hydrogen) atoms. The van der Waals surface area contributed by atoms with Crippen molar-refractivity contribution < 1.29 is 9.84 Å². The fraction of sp³-hybridized carbons (Fsp3) is 0.250. The highest BCUT2D eigenvalue weighted by Crippen LogP contribution is 2.38. The maximum atomic E-state index is 10.8. The molecule has 2 aromatic rings. The van der Waals surface area contributed by atoms with Gasteiger partial charge in [0.1, 0.15) is 5.75 Å². The molecule has 0 saturated carbocycles. The number of benzene rings is 2. The van der Waals surface area contributed by atoms with Gasteiger partial charge in [0.2, 0.25) is 0 Å². The van der Waals surface area contributed by atoms with Gasteiger partial charge in [0.25, 0.3) is 0 Å². The summed E-state index contributed by atoms with van der Waals surface area (Å²) < 4.78 is 5.23. The van der Waals surface area contributed by atoms with Crippen molar-refractivity contribution in [1.29, 1.82) is 0 Å². The molecule has 3 rings (SSSR count). The van der Waals surface area contributed by atoms with Crippen LogP contribution in [0.3, 0.4) is 0 Å². The highest BCUT2D eigenvalue weighted by molar-refractivity contribution is 5.43. The summed E-state index contributed by atoms with van der Waals surface area (Å²) >= 11 is 0. The minimum atomic E-state index is -0.768. The van der Waals surface area contributed by atoms with Crippen LogP contribution in [0, 0.1) is 0 Å². The lowest BCUT2D eigenvalue weighted by Gasteiger charge is -2.22. The van der Waals surface area contributed by atoms with Gasteiger partial charge in [-0.15, -0.1) is 0 Å². The number of fused-ring (bicyclic) bond motifs is 1. The Hall–Kier alpha value is -1.80. The van der Waals surface area contributed by atoms with Gasteiger partial charge in [-0.05, 0) is 28.8 Å². The van der Waals surface area contributed by atoms with Crippen LogP contribution in [-0.4, -0.2) is 12.2 Å². The van der Waals surface area contributed by atoms with Gasteiger partial charge < -0.3 is 9.84 Å². The smallest absolute Gasteiger partial charge is 0.119 e. The number of hydrogen-bond acceptors (Lipinski definition) is 2. The molecule has 0 bridgehead atoms. The number of hydrogen-bond donors (Lipinski definition) is 1. The third-order valence-electron chi connectivity index (χ3n) is 3.69. The molecule has 2 nitrogen and oxygen atoms in total.